The zero-order valence-electron chi connectivity index (χ0n) is 17.2. The standard InChI is InChI=1S/C23H40O3/c1-14(13-24)17-5-6-18-16-8-9-21(2)12-15(25)7-10-22(21,3)19(16)11-20(26)23(17,18)4/h14-20,24-26H,5-13H2,1-4H3/t14-,15-,16?,17-,18?,19?,20+,21?,22-,23-/m1/s1. The van der Waals surface area contributed by atoms with E-state index in [9.17, 15) is 15.3 Å². The van der Waals surface area contributed by atoms with E-state index in [0.717, 1.165) is 32.1 Å². The lowest BCUT2D eigenvalue weighted by Gasteiger charge is -2.66. The van der Waals surface area contributed by atoms with E-state index in [-0.39, 0.29) is 41.0 Å². The van der Waals surface area contributed by atoms with E-state index < -0.39 is 0 Å². The summed E-state index contributed by atoms with van der Waals surface area (Å²) in [6, 6.07) is 0. The molecule has 4 unspecified atom stereocenters. The van der Waals surface area contributed by atoms with Crippen LogP contribution in [0.5, 0.6) is 0 Å². The Morgan fingerprint density at radius 3 is 2.38 bits per heavy atom. The summed E-state index contributed by atoms with van der Waals surface area (Å²) in [5.74, 6) is 2.63. The van der Waals surface area contributed by atoms with Gasteiger partial charge < -0.3 is 15.3 Å². The van der Waals surface area contributed by atoms with Crippen molar-refractivity contribution in [1.82, 2.24) is 0 Å². The van der Waals surface area contributed by atoms with Crippen molar-refractivity contribution in [2.75, 3.05) is 6.61 Å². The van der Waals surface area contributed by atoms with Crippen LogP contribution in [-0.4, -0.2) is 34.1 Å². The number of aliphatic hydroxyl groups excluding tert-OH is 3. The van der Waals surface area contributed by atoms with Crippen LogP contribution < -0.4 is 0 Å². The monoisotopic (exact) mass is 364 g/mol. The molecule has 150 valence electrons. The highest BCUT2D eigenvalue weighted by atomic mass is 16.3. The number of aliphatic hydroxyl groups is 3. The third-order valence-electron chi connectivity index (χ3n) is 10.5. The highest BCUT2D eigenvalue weighted by Gasteiger charge is 2.66. The number of fused-ring (bicyclic) bond motifs is 5. The van der Waals surface area contributed by atoms with E-state index >= 15 is 0 Å². The largest absolute Gasteiger partial charge is 0.396 e. The Kier molecular flexibility index (Phi) is 4.57. The highest BCUT2D eigenvalue weighted by molar-refractivity contribution is 5.14. The lowest BCUT2D eigenvalue weighted by molar-refractivity contribution is -0.202. The summed E-state index contributed by atoms with van der Waals surface area (Å²) in [6.45, 7) is 9.63. The molecule has 4 aliphatic rings. The summed E-state index contributed by atoms with van der Waals surface area (Å²) in [7, 11) is 0. The van der Waals surface area contributed by atoms with Gasteiger partial charge in [0.1, 0.15) is 0 Å². The van der Waals surface area contributed by atoms with Gasteiger partial charge in [-0.05, 0) is 97.2 Å². The zero-order valence-corrected chi connectivity index (χ0v) is 17.2. The molecule has 3 nitrogen and oxygen atoms in total. The Hall–Kier alpha value is -0.120. The highest BCUT2D eigenvalue weighted by Crippen LogP contribution is 2.71. The summed E-state index contributed by atoms with van der Waals surface area (Å²) in [4.78, 5) is 0. The molecule has 4 rings (SSSR count). The Bertz CT molecular complexity index is 550. The lowest BCUT2D eigenvalue weighted by Crippen LogP contribution is -2.61. The van der Waals surface area contributed by atoms with Crippen molar-refractivity contribution in [2.24, 2.45) is 45.8 Å². The van der Waals surface area contributed by atoms with Crippen LogP contribution in [-0.2, 0) is 0 Å². The van der Waals surface area contributed by atoms with Gasteiger partial charge in [0.25, 0.3) is 0 Å². The van der Waals surface area contributed by atoms with Gasteiger partial charge >= 0.3 is 0 Å². The number of rotatable bonds is 2. The maximum Gasteiger partial charge on any atom is 0.0602 e. The van der Waals surface area contributed by atoms with E-state index in [1.54, 1.807) is 0 Å². The van der Waals surface area contributed by atoms with Gasteiger partial charge in [-0.25, -0.2) is 0 Å². The second-order valence-electron chi connectivity index (χ2n) is 11.3. The van der Waals surface area contributed by atoms with E-state index in [1.165, 1.54) is 19.3 Å². The second-order valence-corrected chi connectivity index (χ2v) is 11.3. The fourth-order valence-electron chi connectivity index (χ4n) is 8.66. The van der Waals surface area contributed by atoms with Gasteiger partial charge in [-0.1, -0.05) is 27.7 Å². The fraction of sp³-hybridized carbons (Fsp3) is 1.00. The Balaban J connectivity index is 1.67. The molecule has 3 N–H and O–H groups in total. The van der Waals surface area contributed by atoms with Gasteiger partial charge in [0.05, 0.1) is 12.2 Å². The summed E-state index contributed by atoms with van der Waals surface area (Å²) >= 11 is 0. The summed E-state index contributed by atoms with van der Waals surface area (Å²) in [5.41, 5.74) is 0.440. The van der Waals surface area contributed by atoms with Gasteiger partial charge in [-0.3, -0.25) is 0 Å². The second kappa shape index (κ2) is 6.19. The molecule has 0 aromatic rings. The summed E-state index contributed by atoms with van der Waals surface area (Å²) in [5, 5.41) is 31.5. The maximum atomic E-state index is 11.4. The zero-order chi connectivity index (χ0) is 18.9. The van der Waals surface area contributed by atoms with Crippen LogP contribution in [0.25, 0.3) is 0 Å². The van der Waals surface area contributed by atoms with Crippen molar-refractivity contribution >= 4 is 0 Å². The first-order chi connectivity index (χ1) is 12.2. The van der Waals surface area contributed by atoms with E-state index in [2.05, 4.69) is 27.7 Å². The van der Waals surface area contributed by atoms with E-state index in [1.807, 2.05) is 0 Å². The van der Waals surface area contributed by atoms with Gasteiger partial charge in [0.15, 0.2) is 0 Å². The predicted molar refractivity (Wildman–Crippen MR) is 103 cm³/mol. The molecule has 4 fully saturated rings. The third-order valence-corrected chi connectivity index (χ3v) is 10.5. The molecule has 4 saturated carbocycles. The van der Waals surface area contributed by atoms with Crippen LogP contribution in [0.1, 0.15) is 79.1 Å². The van der Waals surface area contributed by atoms with Crippen LogP contribution in [0.3, 0.4) is 0 Å². The molecule has 0 aliphatic heterocycles. The minimum atomic E-state index is -0.249. The van der Waals surface area contributed by atoms with Crippen molar-refractivity contribution in [3.8, 4) is 0 Å². The van der Waals surface area contributed by atoms with Crippen molar-refractivity contribution in [3.05, 3.63) is 0 Å². The van der Waals surface area contributed by atoms with Gasteiger partial charge in [0.2, 0.25) is 0 Å². The molecule has 3 heteroatoms. The minimum absolute atomic E-state index is 0.0262. The molecule has 0 saturated heterocycles. The Labute approximate surface area is 159 Å². The SMILES string of the molecule is C[C@H](CO)[C@H]1CCC2C3CCC4(C)C[C@H](O)CC[C@]4(C)C3C[C@H](O)[C@@]21C. The Morgan fingerprint density at radius 2 is 1.69 bits per heavy atom. The summed E-state index contributed by atoms with van der Waals surface area (Å²) in [6.07, 6.45) is 8.39. The first kappa shape index (κ1) is 19.2. The molecular weight excluding hydrogens is 324 g/mol. The molecule has 0 aromatic carbocycles. The Morgan fingerprint density at radius 1 is 0.962 bits per heavy atom. The van der Waals surface area contributed by atoms with E-state index in [4.69, 9.17) is 0 Å². The van der Waals surface area contributed by atoms with Gasteiger partial charge in [0, 0.05) is 6.61 Å². The number of hydrogen-bond donors (Lipinski definition) is 3. The molecule has 0 heterocycles. The third kappa shape index (κ3) is 2.35. The molecule has 0 spiro atoms. The average molecular weight is 365 g/mol. The fourth-order valence-corrected chi connectivity index (χ4v) is 8.66. The molecule has 0 amide bonds. The molecule has 4 aliphatic carbocycles. The lowest BCUT2D eigenvalue weighted by atomic mass is 9.39. The van der Waals surface area contributed by atoms with Crippen molar-refractivity contribution in [2.45, 2.75) is 91.3 Å². The van der Waals surface area contributed by atoms with Crippen LogP contribution in [0.2, 0.25) is 0 Å². The van der Waals surface area contributed by atoms with Crippen molar-refractivity contribution in [1.29, 1.82) is 0 Å². The van der Waals surface area contributed by atoms with Crippen LogP contribution >= 0.6 is 0 Å². The molecule has 0 bridgehead atoms. The quantitative estimate of drug-likeness (QED) is 0.694. The number of hydrogen-bond acceptors (Lipinski definition) is 3. The van der Waals surface area contributed by atoms with Crippen LogP contribution in [0.15, 0.2) is 0 Å². The van der Waals surface area contributed by atoms with Crippen LogP contribution in [0.4, 0.5) is 0 Å². The van der Waals surface area contributed by atoms with Crippen molar-refractivity contribution in [3.63, 3.8) is 0 Å². The van der Waals surface area contributed by atoms with Crippen molar-refractivity contribution < 1.29 is 15.3 Å². The van der Waals surface area contributed by atoms with Gasteiger partial charge in [-0.2, -0.15) is 0 Å². The molecule has 10 atom stereocenters. The first-order valence-electron chi connectivity index (χ1n) is 11.1. The maximum absolute atomic E-state index is 11.4. The molecule has 0 aromatic heterocycles. The molecule has 26 heavy (non-hydrogen) atoms. The smallest absolute Gasteiger partial charge is 0.0602 e. The molecular formula is C23H40O3. The van der Waals surface area contributed by atoms with E-state index in [0.29, 0.717) is 23.7 Å². The minimum Gasteiger partial charge on any atom is -0.396 e. The first-order valence-corrected chi connectivity index (χ1v) is 11.1. The topological polar surface area (TPSA) is 60.7 Å². The summed E-state index contributed by atoms with van der Waals surface area (Å²) < 4.78 is 0. The normalized spacial score (nSPS) is 57.8. The van der Waals surface area contributed by atoms with Crippen LogP contribution in [0, 0.1) is 45.8 Å². The average Bonchev–Trinajstić information content (AvgIpc) is 2.95. The van der Waals surface area contributed by atoms with Gasteiger partial charge in [-0.15, -0.1) is 0 Å². The predicted octanol–water partition coefficient (Wildman–Crippen LogP) is 4.00. The molecule has 0 radical (unpaired) electrons.